The van der Waals surface area contributed by atoms with Crippen LogP contribution in [0, 0.1) is 12.8 Å². The van der Waals surface area contributed by atoms with Crippen molar-refractivity contribution >= 4 is 28.5 Å². The predicted octanol–water partition coefficient (Wildman–Crippen LogP) is 1.81. The molecule has 2 N–H and O–H groups in total. The van der Waals surface area contributed by atoms with Gasteiger partial charge in [0.1, 0.15) is 0 Å². The second-order valence-corrected chi connectivity index (χ2v) is 5.27. The highest BCUT2D eigenvalue weighted by molar-refractivity contribution is 7.80. The van der Waals surface area contributed by atoms with Gasteiger partial charge in [-0.25, -0.2) is 4.98 Å². The lowest BCUT2D eigenvalue weighted by Crippen LogP contribution is -2.31. The van der Waals surface area contributed by atoms with Gasteiger partial charge in [-0.2, -0.15) is 0 Å². The summed E-state index contributed by atoms with van der Waals surface area (Å²) in [6.07, 6.45) is 0. The summed E-state index contributed by atoms with van der Waals surface area (Å²) in [4.78, 5) is 8.35. The van der Waals surface area contributed by atoms with E-state index >= 15 is 0 Å². The van der Waals surface area contributed by atoms with Crippen molar-refractivity contribution < 1.29 is 0 Å². The van der Waals surface area contributed by atoms with Crippen molar-refractivity contribution in [2.45, 2.75) is 20.4 Å². The van der Waals surface area contributed by atoms with E-state index in [-0.39, 0.29) is 5.92 Å². The molecule has 1 heterocycles. The summed E-state index contributed by atoms with van der Waals surface area (Å²) < 4.78 is 0. The molecule has 0 aliphatic heterocycles. The molecule has 84 valence electrons. The lowest BCUT2D eigenvalue weighted by Gasteiger charge is -2.19. The van der Waals surface area contributed by atoms with E-state index in [4.69, 9.17) is 18.0 Å². The van der Waals surface area contributed by atoms with Gasteiger partial charge < -0.3 is 10.6 Å². The molecule has 1 unspecified atom stereocenters. The number of thiazole rings is 1. The Morgan fingerprint density at radius 3 is 2.87 bits per heavy atom. The van der Waals surface area contributed by atoms with Crippen LogP contribution in [0.2, 0.25) is 0 Å². The van der Waals surface area contributed by atoms with Gasteiger partial charge in [0.2, 0.25) is 0 Å². The van der Waals surface area contributed by atoms with Crippen LogP contribution in [0.3, 0.4) is 0 Å². The molecule has 3 nitrogen and oxygen atoms in total. The summed E-state index contributed by atoms with van der Waals surface area (Å²) in [6.45, 7) is 5.91. The molecule has 0 aliphatic rings. The van der Waals surface area contributed by atoms with Gasteiger partial charge in [-0.05, 0) is 14.0 Å². The lowest BCUT2D eigenvalue weighted by atomic mass is 10.1. The van der Waals surface area contributed by atoms with Gasteiger partial charge in [-0.15, -0.1) is 11.3 Å². The Hall–Kier alpha value is -0.520. The van der Waals surface area contributed by atoms with Gasteiger partial charge in [-0.3, -0.25) is 0 Å². The summed E-state index contributed by atoms with van der Waals surface area (Å²) >= 11 is 6.65. The highest BCUT2D eigenvalue weighted by Gasteiger charge is 2.11. The van der Waals surface area contributed by atoms with Crippen molar-refractivity contribution in [3.63, 3.8) is 0 Å². The normalized spacial score (nSPS) is 13.1. The number of thiocarbonyl (C=S) groups is 1. The molecule has 15 heavy (non-hydrogen) atoms. The molecule has 1 aromatic heterocycles. The van der Waals surface area contributed by atoms with E-state index in [1.807, 2.05) is 12.4 Å². The Kier molecular flexibility index (Phi) is 4.63. The van der Waals surface area contributed by atoms with Crippen molar-refractivity contribution in [1.29, 1.82) is 0 Å². The molecule has 0 saturated carbocycles. The highest BCUT2D eigenvalue weighted by Crippen LogP contribution is 2.14. The summed E-state index contributed by atoms with van der Waals surface area (Å²) in [5.41, 5.74) is 8.59. The summed E-state index contributed by atoms with van der Waals surface area (Å²) in [7, 11) is 2.08. The fourth-order valence-corrected chi connectivity index (χ4v) is 2.28. The molecule has 0 aromatic carbocycles. The van der Waals surface area contributed by atoms with Gasteiger partial charge in [-0.1, -0.05) is 19.1 Å². The molecule has 1 atom stereocenters. The summed E-state index contributed by atoms with van der Waals surface area (Å²) in [6, 6.07) is 0. The first-order chi connectivity index (χ1) is 7.00. The van der Waals surface area contributed by atoms with Gasteiger partial charge >= 0.3 is 0 Å². The molecular formula is C10H17N3S2. The maximum atomic E-state index is 5.58. The molecule has 0 saturated heterocycles. The molecule has 1 rings (SSSR count). The maximum absolute atomic E-state index is 5.58. The highest BCUT2D eigenvalue weighted by atomic mass is 32.1. The second kappa shape index (κ2) is 5.53. The van der Waals surface area contributed by atoms with E-state index in [9.17, 15) is 0 Å². The third kappa shape index (κ3) is 3.85. The van der Waals surface area contributed by atoms with Crippen LogP contribution in [0.1, 0.15) is 17.5 Å². The quantitative estimate of drug-likeness (QED) is 0.801. The lowest BCUT2D eigenvalue weighted by molar-refractivity contribution is 0.309. The minimum absolute atomic E-state index is 0.262. The number of rotatable bonds is 5. The zero-order valence-corrected chi connectivity index (χ0v) is 11.0. The fourth-order valence-electron chi connectivity index (χ4n) is 1.35. The van der Waals surface area contributed by atoms with Gasteiger partial charge in [0, 0.05) is 23.9 Å². The van der Waals surface area contributed by atoms with Crippen LogP contribution in [0.4, 0.5) is 0 Å². The van der Waals surface area contributed by atoms with Gasteiger partial charge in [0.05, 0.1) is 16.2 Å². The van der Waals surface area contributed by atoms with Crippen LogP contribution < -0.4 is 5.73 Å². The third-order valence-electron chi connectivity index (χ3n) is 2.33. The van der Waals surface area contributed by atoms with E-state index in [0.717, 1.165) is 18.8 Å². The zero-order chi connectivity index (χ0) is 11.4. The van der Waals surface area contributed by atoms with Gasteiger partial charge in [0.25, 0.3) is 0 Å². The number of aryl methyl sites for hydroxylation is 1. The van der Waals surface area contributed by atoms with Gasteiger partial charge in [0.15, 0.2) is 0 Å². The van der Waals surface area contributed by atoms with E-state index < -0.39 is 0 Å². The number of nitrogens with two attached hydrogens (primary N) is 1. The van der Waals surface area contributed by atoms with Crippen molar-refractivity contribution in [2.24, 2.45) is 11.7 Å². The molecule has 0 fully saturated rings. The third-order valence-corrected chi connectivity index (χ3v) is 3.65. The van der Waals surface area contributed by atoms with Crippen molar-refractivity contribution in [3.8, 4) is 0 Å². The standard InChI is InChI=1S/C10H17N3S2/c1-7(10(11)14)4-13(3)5-9-8(2)12-6-15-9/h6-7H,4-5H2,1-3H3,(H2,11,14). The van der Waals surface area contributed by atoms with Crippen LogP contribution in [0.25, 0.3) is 0 Å². The Labute approximate surface area is 100 Å². The Bertz CT molecular complexity index is 335. The van der Waals surface area contributed by atoms with Crippen molar-refractivity contribution in [1.82, 2.24) is 9.88 Å². The van der Waals surface area contributed by atoms with Crippen molar-refractivity contribution in [2.75, 3.05) is 13.6 Å². The first-order valence-corrected chi connectivity index (χ1v) is 6.16. The molecule has 0 spiro atoms. The first-order valence-electron chi connectivity index (χ1n) is 4.87. The Morgan fingerprint density at radius 2 is 2.40 bits per heavy atom. The average molecular weight is 243 g/mol. The zero-order valence-electron chi connectivity index (χ0n) is 9.36. The largest absolute Gasteiger partial charge is 0.393 e. The van der Waals surface area contributed by atoms with Crippen LogP contribution in [-0.2, 0) is 6.54 Å². The van der Waals surface area contributed by atoms with E-state index in [0.29, 0.717) is 4.99 Å². The van der Waals surface area contributed by atoms with Crippen LogP contribution in [0.5, 0.6) is 0 Å². The van der Waals surface area contributed by atoms with E-state index in [1.165, 1.54) is 4.88 Å². The molecule has 0 amide bonds. The number of nitrogens with zero attached hydrogens (tertiary/aromatic N) is 2. The SMILES string of the molecule is Cc1ncsc1CN(C)CC(C)C(N)=S. The summed E-state index contributed by atoms with van der Waals surface area (Å²) in [5.74, 6) is 0.262. The molecule has 5 heteroatoms. The molecule has 1 aromatic rings. The summed E-state index contributed by atoms with van der Waals surface area (Å²) in [5, 5.41) is 0. The predicted molar refractivity (Wildman–Crippen MR) is 69.1 cm³/mol. The average Bonchev–Trinajstić information content (AvgIpc) is 2.51. The topological polar surface area (TPSA) is 42.2 Å². The van der Waals surface area contributed by atoms with E-state index in [2.05, 4.69) is 23.9 Å². The molecule has 0 aliphatic carbocycles. The monoisotopic (exact) mass is 243 g/mol. The fraction of sp³-hybridized carbons (Fsp3) is 0.600. The second-order valence-electron chi connectivity index (χ2n) is 3.86. The molecule has 0 radical (unpaired) electrons. The van der Waals surface area contributed by atoms with Crippen molar-refractivity contribution in [3.05, 3.63) is 16.1 Å². The van der Waals surface area contributed by atoms with Crippen LogP contribution >= 0.6 is 23.6 Å². The molecule has 0 bridgehead atoms. The number of hydrogen-bond acceptors (Lipinski definition) is 4. The molecular weight excluding hydrogens is 226 g/mol. The Morgan fingerprint density at radius 1 is 1.73 bits per heavy atom. The number of aromatic nitrogens is 1. The minimum Gasteiger partial charge on any atom is -0.393 e. The van der Waals surface area contributed by atoms with Crippen LogP contribution in [-0.4, -0.2) is 28.5 Å². The number of hydrogen-bond donors (Lipinski definition) is 1. The minimum atomic E-state index is 0.262. The smallest absolute Gasteiger partial charge is 0.0798 e. The maximum Gasteiger partial charge on any atom is 0.0798 e. The first kappa shape index (κ1) is 12.5. The van der Waals surface area contributed by atoms with E-state index in [1.54, 1.807) is 11.3 Å². The Balaban J connectivity index is 2.46. The van der Waals surface area contributed by atoms with Crippen LogP contribution in [0.15, 0.2) is 5.51 Å².